The van der Waals surface area contributed by atoms with Crippen molar-refractivity contribution in [1.29, 1.82) is 0 Å². The average molecular weight is 359 g/mol. The third kappa shape index (κ3) is 5.16. The van der Waals surface area contributed by atoms with E-state index in [0.29, 0.717) is 6.54 Å². The van der Waals surface area contributed by atoms with Crippen LogP contribution in [0, 0.1) is 6.92 Å². The first-order valence-electron chi connectivity index (χ1n) is 8.80. The van der Waals surface area contributed by atoms with Gasteiger partial charge < -0.3 is 15.5 Å². The van der Waals surface area contributed by atoms with E-state index < -0.39 is 0 Å². The summed E-state index contributed by atoms with van der Waals surface area (Å²) in [5.41, 5.74) is 1.21. The van der Waals surface area contributed by atoms with Crippen LogP contribution in [0.15, 0.2) is 29.5 Å². The Bertz CT molecular complexity index is 705. The summed E-state index contributed by atoms with van der Waals surface area (Å²) in [4.78, 5) is 16.8. The maximum absolute atomic E-state index is 4.53. The molecule has 134 valence electrons. The molecule has 0 atom stereocenters. The largest absolute Gasteiger partial charge is 0.357 e. The lowest BCUT2D eigenvalue weighted by molar-refractivity contribution is 0.573. The summed E-state index contributed by atoms with van der Waals surface area (Å²) in [7, 11) is 1.79. The quantitative estimate of drug-likeness (QED) is 0.635. The number of nitrogens with one attached hydrogen (secondary N) is 2. The van der Waals surface area contributed by atoms with E-state index in [2.05, 4.69) is 49.6 Å². The third-order valence-electron chi connectivity index (χ3n) is 4.25. The van der Waals surface area contributed by atoms with Gasteiger partial charge in [0.2, 0.25) is 0 Å². The Morgan fingerprint density at radius 1 is 1.20 bits per heavy atom. The molecule has 0 spiro atoms. The minimum Gasteiger partial charge on any atom is -0.357 e. The first kappa shape index (κ1) is 17.7. The van der Waals surface area contributed by atoms with Gasteiger partial charge in [-0.2, -0.15) is 0 Å². The molecule has 3 rings (SSSR count). The number of aromatic nitrogens is 2. The van der Waals surface area contributed by atoms with Crippen LogP contribution in [0.3, 0.4) is 0 Å². The number of rotatable bonds is 5. The lowest BCUT2D eigenvalue weighted by Gasteiger charge is -2.28. The molecule has 0 unspecified atom stereocenters. The normalized spacial score (nSPS) is 15.3. The van der Waals surface area contributed by atoms with Crippen molar-refractivity contribution in [2.24, 2.45) is 4.99 Å². The smallest absolute Gasteiger partial charge is 0.191 e. The van der Waals surface area contributed by atoms with E-state index in [1.165, 1.54) is 29.7 Å². The SMILES string of the molecule is CN=C(NCc1ccnc(N2CCCCC2)c1)NCc1ncc(C)s1. The molecule has 6 nitrogen and oxygen atoms in total. The zero-order valence-electron chi connectivity index (χ0n) is 15.0. The second-order valence-electron chi connectivity index (χ2n) is 6.21. The fourth-order valence-electron chi connectivity index (χ4n) is 2.92. The molecule has 0 bridgehead atoms. The summed E-state index contributed by atoms with van der Waals surface area (Å²) in [5, 5.41) is 7.74. The molecular formula is C18H26N6S. The monoisotopic (exact) mass is 358 g/mol. The number of piperidine rings is 1. The number of nitrogens with zero attached hydrogens (tertiary/aromatic N) is 4. The standard InChI is InChI=1S/C18H26N6S/c1-14-11-21-17(25-14)13-23-18(19-2)22-12-15-6-7-20-16(10-15)24-8-4-3-5-9-24/h6-7,10-11H,3-5,8-9,12-13H2,1-2H3,(H2,19,22,23). The number of hydrogen-bond acceptors (Lipinski definition) is 5. The van der Waals surface area contributed by atoms with Gasteiger partial charge in [-0.05, 0) is 43.9 Å². The Kier molecular flexibility index (Phi) is 6.22. The summed E-state index contributed by atoms with van der Waals surface area (Å²) in [5.74, 6) is 1.87. The molecule has 1 aliphatic rings. The zero-order valence-corrected chi connectivity index (χ0v) is 15.8. The number of hydrogen-bond donors (Lipinski definition) is 2. The average Bonchev–Trinajstić information content (AvgIpc) is 3.08. The van der Waals surface area contributed by atoms with Gasteiger partial charge in [0, 0.05) is 44.0 Å². The van der Waals surface area contributed by atoms with Gasteiger partial charge in [0.05, 0.1) is 6.54 Å². The lowest BCUT2D eigenvalue weighted by Crippen LogP contribution is -2.36. The number of pyridine rings is 1. The van der Waals surface area contributed by atoms with Crippen LogP contribution in [-0.2, 0) is 13.1 Å². The van der Waals surface area contributed by atoms with Crippen molar-refractivity contribution >= 4 is 23.1 Å². The fourth-order valence-corrected chi connectivity index (χ4v) is 3.64. The molecule has 1 fully saturated rings. The Morgan fingerprint density at radius 2 is 2.00 bits per heavy atom. The van der Waals surface area contributed by atoms with Crippen LogP contribution in [-0.4, -0.2) is 36.1 Å². The summed E-state index contributed by atoms with van der Waals surface area (Å²) >= 11 is 1.70. The van der Waals surface area contributed by atoms with E-state index in [1.807, 2.05) is 12.4 Å². The molecule has 0 saturated carbocycles. The third-order valence-corrected chi connectivity index (χ3v) is 5.16. The highest BCUT2D eigenvalue weighted by atomic mass is 32.1. The van der Waals surface area contributed by atoms with Gasteiger partial charge in [-0.1, -0.05) is 0 Å². The number of thiazole rings is 1. The maximum atomic E-state index is 4.53. The summed E-state index contributed by atoms with van der Waals surface area (Å²) in [6.07, 6.45) is 7.65. The lowest BCUT2D eigenvalue weighted by atomic mass is 10.1. The van der Waals surface area contributed by atoms with Crippen LogP contribution < -0.4 is 15.5 Å². The highest BCUT2D eigenvalue weighted by Gasteiger charge is 2.12. The first-order valence-corrected chi connectivity index (χ1v) is 9.62. The van der Waals surface area contributed by atoms with E-state index in [4.69, 9.17) is 0 Å². The van der Waals surface area contributed by atoms with Crippen molar-refractivity contribution in [2.45, 2.75) is 39.3 Å². The molecule has 25 heavy (non-hydrogen) atoms. The minimum atomic E-state index is 0.688. The number of guanidine groups is 1. The molecule has 0 radical (unpaired) electrons. The molecule has 1 aliphatic heterocycles. The highest BCUT2D eigenvalue weighted by Crippen LogP contribution is 2.18. The van der Waals surface area contributed by atoms with Gasteiger partial charge in [-0.3, -0.25) is 4.99 Å². The Balaban J connectivity index is 1.52. The second-order valence-corrected chi connectivity index (χ2v) is 7.53. The Morgan fingerprint density at radius 3 is 2.72 bits per heavy atom. The van der Waals surface area contributed by atoms with Crippen molar-refractivity contribution < 1.29 is 0 Å². The topological polar surface area (TPSA) is 65.4 Å². The molecule has 0 amide bonds. The zero-order chi connectivity index (χ0) is 17.5. The van der Waals surface area contributed by atoms with Crippen molar-refractivity contribution in [2.75, 3.05) is 25.0 Å². The molecule has 0 aromatic carbocycles. The number of aliphatic imine (C=N–C) groups is 1. The predicted molar refractivity (Wildman–Crippen MR) is 104 cm³/mol. The van der Waals surface area contributed by atoms with E-state index in [9.17, 15) is 0 Å². The van der Waals surface area contributed by atoms with Crippen LogP contribution >= 0.6 is 11.3 Å². The Labute approximate surface area is 153 Å². The van der Waals surface area contributed by atoms with Crippen molar-refractivity contribution in [3.8, 4) is 0 Å². The van der Waals surface area contributed by atoms with Gasteiger partial charge >= 0.3 is 0 Å². The van der Waals surface area contributed by atoms with E-state index in [1.54, 1.807) is 18.4 Å². The van der Waals surface area contributed by atoms with E-state index in [-0.39, 0.29) is 0 Å². The molecule has 1 saturated heterocycles. The van der Waals surface area contributed by atoms with Crippen LogP contribution in [0.2, 0.25) is 0 Å². The van der Waals surface area contributed by atoms with Crippen molar-refractivity contribution in [1.82, 2.24) is 20.6 Å². The Hall–Kier alpha value is -2.15. The van der Waals surface area contributed by atoms with Gasteiger partial charge in [0.15, 0.2) is 5.96 Å². The van der Waals surface area contributed by atoms with E-state index >= 15 is 0 Å². The molecule has 3 heterocycles. The molecule has 2 aromatic heterocycles. The summed E-state index contributed by atoms with van der Waals surface area (Å²) < 4.78 is 0. The molecule has 0 aliphatic carbocycles. The molecular weight excluding hydrogens is 332 g/mol. The van der Waals surface area contributed by atoms with Crippen molar-refractivity contribution in [3.05, 3.63) is 40.0 Å². The fraction of sp³-hybridized carbons (Fsp3) is 0.500. The summed E-state index contributed by atoms with van der Waals surface area (Å²) in [6, 6.07) is 4.23. The molecule has 7 heteroatoms. The molecule has 2 N–H and O–H groups in total. The maximum Gasteiger partial charge on any atom is 0.191 e. The van der Waals surface area contributed by atoms with Gasteiger partial charge in [0.1, 0.15) is 10.8 Å². The van der Waals surface area contributed by atoms with Crippen LogP contribution in [0.1, 0.15) is 34.7 Å². The second kappa shape index (κ2) is 8.80. The van der Waals surface area contributed by atoms with Gasteiger partial charge in [0.25, 0.3) is 0 Å². The van der Waals surface area contributed by atoms with Crippen molar-refractivity contribution in [3.63, 3.8) is 0 Å². The van der Waals surface area contributed by atoms with E-state index in [0.717, 1.165) is 36.4 Å². The predicted octanol–water partition coefficient (Wildman–Crippen LogP) is 2.70. The minimum absolute atomic E-state index is 0.688. The van der Waals surface area contributed by atoms with Gasteiger partial charge in [-0.15, -0.1) is 11.3 Å². The van der Waals surface area contributed by atoms with Gasteiger partial charge in [-0.25, -0.2) is 9.97 Å². The summed E-state index contributed by atoms with van der Waals surface area (Å²) in [6.45, 7) is 5.70. The first-order chi connectivity index (χ1) is 12.2. The van der Waals surface area contributed by atoms with Crippen LogP contribution in [0.25, 0.3) is 0 Å². The molecule has 2 aromatic rings. The number of anilines is 1. The number of aryl methyl sites for hydroxylation is 1. The highest BCUT2D eigenvalue weighted by molar-refractivity contribution is 7.11. The van der Waals surface area contributed by atoms with Crippen LogP contribution in [0.4, 0.5) is 5.82 Å². The van der Waals surface area contributed by atoms with Crippen LogP contribution in [0.5, 0.6) is 0 Å².